The van der Waals surface area contributed by atoms with Gasteiger partial charge in [0.25, 0.3) is 0 Å². The van der Waals surface area contributed by atoms with Gasteiger partial charge < -0.3 is 0 Å². The monoisotopic (exact) mass is 269 g/mol. The molecule has 0 saturated heterocycles. The molecule has 17 heavy (non-hydrogen) atoms. The Labute approximate surface area is 110 Å². The van der Waals surface area contributed by atoms with Gasteiger partial charge in [-0.3, -0.25) is 4.21 Å². The van der Waals surface area contributed by atoms with Crippen molar-refractivity contribution in [3.63, 3.8) is 0 Å². The summed E-state index contributed by atoms with van der Waals surface area (Å²) < 4.78 is 12.0. The van der Waals surface area contributed by atoms with Crippen molar-refractivity contribution >= 4 is 22.4 Å². The van der Waals surface area contributed by atoms with Crippen LogP contribution in [0.1, 0.15) is 31.9 Å². The molecule has 1 aromatic rings. The third-order valence-electron chi connectivity index (χ3n) is 2.83. The van der Waals surface area contributed by atoms with Gasteiger partial charge in [-0.15, -0.1) is 0 Å². The number of nitrogens with zero attached hydrogens (tertiary/aromatic N) is 1. The van der Waals surface area contributed by atoms with Gasteiger partial charge in [-0.25, -0.2) is 0 Å². The fraction of sp³-hybridized carbons (Fsp3) is 0.462. The molecule has 0 bridgehead atoms. The smallest absolute Gasteiger partial charge is 0.0992 e. The van der Waals surface area contributed by atoms with Gasteiger partial charge >= 0.3 is 0 Å². The van der Waals surface area contributed by atoms with Gasteiger partial charge in [0, 0.05) is 21.1 Å². The number of rotatable bonds is 4. The molecule has 0 radical (unpaired) electrons. The summed E-state index contributed by atoms with van der Waals surface area (Å²) in [5.74, 6) is 0.831. The Kier molecular flexibility index (Phi) is 5.17. The van der Waals surface area contributed by atoms with Crippen LogP contribution < -0.4 is 0 Å². The molecule has 0 amide bonds. The molecule has 2 atom stereocenters. The molecular formula is C13H16ClNOS. The second kappa shape index (κ2) is 6.18. The maximum atomic E-state index is 12.0. The molecule has 0 aromatic heterocycles. The first-order valence-electron chi connectivity index (χ1n) is 5.51. The zero-order valence-corrected chi connectivity index (χ0v) is 11.8. The molecule has 0 heterocycles. The van der Waals surface area contributed by atoms with Crippen molar-refractivity contribution in [2.75, 3.05) is 0 Å². The molecule has 0 aliphatic carbocycles. The Hall–Kier alpha value is -0.850. The molecule has 0 saturated carbocycles. The van der Waals surface area contributed by atoms with E-state index in [0.717, 1.165) is 5.56 Å². The van der Waals surface area contributed by atoms with E-state index in [1.165, 1.54) is 0 Å². The molecule has 0 fully saturated rings. The summed E-state index contributed by atoms with van der Waals surface area (Å²) in [6, 6.07) is 7.14. The minimum atomic E-state index is -0.932. The first-order chi connectivity index (χ1) is 7.95. The van der Waals surface area contributed by atoms with Crippen LogP contribution in [0, 0.1) is 17.2 Å². The standard InChI is InChI=1S/C13H16ClNOS/c1-9(2)10(3)17(16)8-12-5-4-11(7-15)6-13(12)14/h4-6,9-10H,8H2,1-3H3. The summed E-state index contributed by atoms with van der Waals surface area (Å²) in [6.07, 6.45) is 0. The van der Waals surface area contributed by atoms with E-state index < -0.39 is 10.8 Å². The van der Waals surface area contributed by atoms with Crippen LogP contribution in [0.2, 0.25) is 5.02 Å². The molecule has 1 rings (SSSR count). The summed E-state index contributed by atoms with van der Waals surface area (Å²) in [5, 5.41) is 9.39. The van der Waals surface area contributed by atoms with Gasteiger partial charge in [0.05, 0.1) is 17.4 Å². The van der Waals surface area contributed by atoms with Crippen LogP contribution in [-0.4, -0.2) is 9.46 Å². The lowest BCUT2D eigenvalue weighted by atomic mass is 10.1. The summed E-state index contributed by atoms with van der Waals surface area (Å²) in [4.78, 5) is 0. The van der Waals surface area contributed by atoms with Gasteiger partial charge in [0.15, 0.2) is 0 Å². The van der Waals surface area contributed by atoms with Gasteiger partial charge in [0.2, 0.25) is 0 Å². The van der Waals surface area contributed by atoms with Crippen LogP contribution in [0.25, 0.3) is 0 Å². The normalized spacial score (nSPS) is 14.4. The molecule has 2 nitrogen and oxygen atoms in total. The van der Waals surface area contributed by atoms with E-state index in [9.17, 15) is 4.21 Å². The SMILES string of the molecule is CC(C)C(C)S(=O)Cc1ccc(C#N)cc1Cl. The highest BCUT2D eigenvalue weighted by atomic mass is 35.5. The van der Waals surface area contributed by atoms with Gasteiger partial charge in [-0.2, -0.15) is 5.26 Å². The van der Waals surface area contributed by atoms with E-state index in [-0.39, 0.29) is 5.25 Å². The molecule has 2 unspecified atom stereocenters. The van der Waals surface area contributed by atoms with Crippen molar-refractivity contribution in [3.05, 3.63) is 34.3 Å². The highest BCUT2D eigenvalue weighted by molar-refractivity contribution is 7.84. The lowest BCUT2D eigenvalue weighted by molar-refractivity contribution is 0.605. The third kappa shape index (κ3) is 3.83. The van der Waals surface area contributed by atoms with Crippen LogP contribution in [0.15, 0.2) is 18.2 Å². The van der Waals surface area contributed by atoms with Crippen molar-refractivity contribution < 1.29 is 4.21 Å². The quantitative estimate of drug-likeness (QED) is 0.839. The van der Waals surface area contributed by atoms with E-state index in [1.54, 1.807) is 18.2 Å². The fourth-order valence-electron chi connectivity index (χ4n) is 1.32. The van der Waals surface area contributed by atoms with Crippen molar-refractivity contribution in [2.45, 2.75) is 31.8 Å². The second-order valence-electron chi connectivity index (χ2n) is 4.39. The summed E-state index contributed by atoms with van der Waals surface area (Å²) in [6.45, 7) is 6.10. The largest absolute Gasteiger partial charge is 0.259 e. The lowest BCUT2D eigenvalue weighted by Crippen LogP contribution is -2.19. The van der Waals surface area contributed by atoms with Crippen molar-refractivity contribution in [3.8, 4) is 6.07 Å². The van der Waals surface area contributed by atoms with Gasteiger partial charge in [-0.05, 0) is 23.6 Å². The topological polar surface area (TPSA) is 40.9 Å². The maximum absolute atomic E-state index is 12.0. The first kappa shape index (κ1) is 14.2. The molecule has 0 spiro atoms. The number of benzene rings is 1. The molecule has 4 heteroatoms. The molecule has 92 valence electrons. The van der Waals surface area contributed by atoms with E-state index in [0.29, 0.717) is 22.3 Å². The Balaban J connectivity index is 2.83. The molecule has 1 aromatic carbocycles. The summed E-state index contributed by atoms with van der Waals surface area (Å²) in [7, 11) is -0.932. The zero-order valence-electron chi connectivity index (χ0n) is 10.2. The average Bonchev–Trinajstić information content (AvgIpc) is 2.30. The Bertz CT molecular complexity index is 465. The van der Waals surface area contributed by atoms with Gasteiger partial charge in [0.1, 0.15) is 0 Å². The number of hydrogen-bond acceptors (Lipinski definition) is 2. The second-order valence-corrected chi connectivity index (χ2v) is 6.59. The Morgan fingerprint density at radius 3 is 2.53 bits per heavy atom. The highest BCUT2D eigenvalue weighted by Crippen LogP contribution is 2.21. The van der Waals surface area contributed by atoms with Crippen molar-refractivity contribution in [1.82, 2.24) is 0 Å². The molecular weight excluding hydrogens is 254 g/mol. The average molecular weight is 270 g/mol. The minimum absolute atomic E-state index is 0.140. The van der Waals surface area contributed by atoms with Gasteiger partial charge in [-0.1, -0.05) is 38.4 Å². The van der Waals surface area contributed by atoms with Crippen LogP contribution in [0.4, 0.5) is 0 Å². The number of hydrogen-bond donors (Lipinski definition) is 0. The Morgan fingerprint density at radius 1 is 1.41 bits per heavy atom. The first-order valence-corrected chi connectivity index (χ1v) is 7.27. The van der Waals surface area contributed by atoms with E-state index in [4.69, 9.17) is 16.9 Å². The third-order valence-corrected chi connectivity index (χ3v) is 5.15. The Morgan fingerprint density at radius 2 is 2.06 bits per heavy atom. The number of nitriles is 1. The van der Waals surface area contributed by atoms with Crippen molar-refractivity contribution in [1.29, 1.82) is 5.26 Å². The van der Waals surface area contributed by atoms with E-state index >= 15 is 0 Å². The number of halogens is 1. The highest BCUT2D eigenvalue weighted by Gasteiger charge is 2.16. The van der Waals surface area contributed by atoms with Crippen LogP contribution in [0.5, 0.6) is 0 Å². The fourth-order valence-corrected chi connectivity index (χ4v) is 3.08. The van der Waals surface area contributed by atoms with E-state index in [2.05, 4.69) is 13.8 Å². The molecule has 0 aliphatic rings. The lowest BCUT2D eigenvalue weighted by Gasteiger charge is -2.15. The predicted molar refractivity (Wildman–Crippen MR) is 72.3 cm³/mol. The van der Waals surface area contributed by atoms with Crippen LogP contribution in [0.3, 0.4) is 0 Å². The summed E-state index contributed by atoms with van der Waals surface area (Å²) in [5.41, 5.74) is 1.37. The minimum Gasteiger partial charge on any atom is -0.259 e. The van der Waals surface area contributed by atoms with E-state index in [1.807, 2.05) is 13.0 Å². The molecule has 0 aliphatic heterocycles. The van der Waals surface area contributed by atoms with Crippen LogP contribution >= 0.6 is 11.6 Å². The van der Waals surface area contributed by atoms with Crippen LogP contribution in [-0.2, 0) is 16.6 Å². The predicted octanol–water partition coefficient (Wildman–Crippen LogP) is 3.50. The van der Waals surface area contributed by atoms with Crippen molar-refractivity contribution in [2.24, 2.45) is 5.92 Å². The zero-order chi connectivity index (χ0) is 13.0. The molecule has 0 N–H and O–H groups in total. The maximum Gasteiger partial charge on any atom is 0.0992 e. The summed E-state index contributed by atoms with van der Waals surface area (Å²) >= 11 is 6.05.